The van der Waals surface area contributed by atoms with Gasteiger partial charge in [-0.3, -0.25) is 9.36 Å². The van der Waals surface area contributed by atoms with E-state index in [0.29, 0.717) is 17.1 Å². The van der Waals surface area contributed by atoms with Crippen LogP contribution in [0.25, 0.3) is 6.08 Å². The summed E-state index contributed by atoms with van der Waals surface area (Å²) in [5, 5.41) is 0.746. The van der Waals surface area contributed by atoms with Crippen LogP contribution in [0.3, 0.4) is 0 Å². The fourth-order valence-electron chi connectivity index (χ4n) is 1.30. The lowest BCUT2D eigenvalue weighted by Crippen LogP contribution is -2.24. The Morgan fingerprint density at radius 1 is 1.47 bits per heavy atom. The summed E-state index contributed by atoms with van der Waals surface area (Å²) in [6.45, 7) is 6.27. The van der Waals surface area contributed by atoms with Crippen LogP contribution in [0.1, 0.15) is 12.6 Å². The first-order valence-electron chi connectivity index (χ1n) is 4.54. The average Bonchev–Trinajstić information content (AvgIpc) is 2.27. The van der Waals surface area contributed by atoms with Crippen molar-refractivity contribution >= 4 is 29.6 Å². The van der Waals surface area contributed by atoms with Gasteiger partial charge in [-0.2, -0.15) is 0 Å². The molecule has 1 aromatic rings. The first-order valence-corrected chi connectivity index (χ1v) is 6.99. The lowest BCUT2D eigenvalue weighted by Gasteiger charge is -2.11. The van der Waals surface area contributed by atoms with Gasteiger partial charge < -0.3 is 0 Å². The third-order valence-corrected chi connectivity index (χ3v) is 3.48. The van der Waals surface area contributed by atoms with E-state index in [0.717, 1.165) is 5.16 Å². The molecular weight excluding hydrogens is 228 g/mol. The van der Waals surface area contributed by atoms with Crippen LogP contribution in [0.4, 0.5) is 0 Å². The monoisotopic (exact) mass is 242 g/mol. The standard InChI is InChI=1S/C10H14N2OS2/c1-5-7-8(14-3)9(13)12(6-2)10(11-7)15-4/h5H,1,6H2,2-4H3. The fraction of sp³-hybridized carbons (Fsp3) is 0.400. The molecule has 0 fully saturated rings. The van der Waals surface area contributed by atoms with Crippen molar-refractivity contribution in [3.8, 4) is 0 Å². The molecule has 15 heavy (non-hydrogen) atoms. The van der Waals surface area contributed by atoms with E-state index in [1.165, 1.54) is 23.5 Å². The maximum atomic E-state index is 12.0. The van der Waals surface area contributed by atoms with Crippen molar-refractivity contribution in [2.45, 2.75) is 23.5 Å². The van der Waals surface area contributed by atoms with Gasteiger partial charge in [-0.1, -0.05) is 18.3 Å². The molecule has 3 nitrogen and oxygen atoms in total. The van der Waals surface area contributed by atoms with E-state index in [1.54, 1.807) is 10.6 Å². The summed E-state index contributed by atoms with van der Waals surface area (Å²) >= 11 is 2.90. The summed E-state index contributed by atoms with van der Waals surface area (Å²) in [5.41, 5.74) is 0.709. The van der Waals surface area contributed by atoms with Crippen molar-refractivity contribution in [1.82, 2.24) is 9.55 Å². The Labute approximate surface area is 98.0 Å². The van der Waals surface area contributed by atoms with Crippen molar-refractivity contribution in [1.29, 1.82) is 0 Å². The number of thioether (sulfide) groups is 2. The molecular formula is C10H14N2OS2. The van der Waals surface area contributed by atoms with E-state index < -0.39 is 0 Å². The van der Waals surface area contributed by atoms with Crippen molar-refractivity contribution < 1.29 is 0 Å². The van der Waals surface area contributed by atoms with Gasteiger partial charge in [0.2, 0.25) is 0 Å². The highest BCUT2D eigenvalue weighted by Crippen LogP contribution is 2.19. The summed E-state index contributed by atoms with van der Waals surface area (Å²) in [4.78, 5) is 17.1. The van der Waals surface area contributed by atoms with Crippen LogP contribution >= 0.6 is 23.5 Å². The zero-order chi connectivity index (χ0) is 11.4. The summed E-state index contributed by atoms with van der Waals surface area (Å²) in [6, 6.07) is 0. The maximum absolute atomic E-state index is 12.0. The highest BCUT2D eigenvalue weighted by atomic mass is 32.2. The molecule has 0 atom stereocenters. The van der Waals surface area contributed by atoms with Crippen molar-refractivity contribution in [3.05, 3.63) is 22.6 Å². The van der Waals surface area contributed by atoms with Gasteiger partial charge in [0.25, 0.3) is 5.56 Å². The minimum Gasteiger partial charge on any atom is -0.287 e. The molecule has 5 heteroatoms. The Hall–Kier alpha value is -0.680. The first-order chi connectivity index (χ1) is 7.19. The van der Waals surface area contributed by atoms with Crippen molar-refractivity contribution in [2.75, 3.05) is 12.5 Å². The molecule has 0 N–H and O–H groups in total. The second kappa shape index (κ2) is 5.42. The quantitative estimate of drug-likeness (QED) is 0.599. The van der Waals surface area contributed by atoms with Crippen LogP contribution in [-0.4, -0.2) is 22.1 Å². The molecule has 0 unspecified atom stereocenters. The molecule has 1 rings (SSSR count). The minimum absolute atomic E-state index is 0.0271. The van der Waals surface area contributed by atoms with E-state index in [4.69, 9.17) is 0 Å². The summed E-state index contributed by atoms with van der Waals surface area (Å²) in [5.74, 6) is 0. The molecule has 0 saturated heterocycles. The minimum atomic E-state index is 0.0271. The topological polar surface area (TPSA) is 34.9 Å². The van der Waals surface area contributed by atoms with Gasteiger partial charge in [0.05, 0.1) is 10.6 Å². The van der Waals surface area contributed by atoms with Crippen LogP contribution in [0.5, 0.6) is 0 Å². The SMILES string of the molecule is C=Cc1nc(SC)n(CC)c(=O)c1SC. The predicted octanol–water partition coefficient (Wildman–Crippen LogP) is 2.35. The Morgan fingerprint density at radius 3 is 2.53 bits per heavy atom. The lowest BCUT2D eigenvalue weighted by molar-refractivity contribution is 0.605. The molecule has 0 aliphatic rings. The maximum Gasteiger partial charge on any atom is 0.268 e. The highest BCUT2D eigenvalue weighted by Gasteiger charge is 2.12. The number of nitrogens with zero attached hydrogens (tertiary/aromatic N) is 2. The van der Waals surface area contributed by atoms with Gasteiger partial charge in [0, 0.05) is 6.54 Å². The van der Waals surface area contributed by atoms with E-state index >= 15 is 0 Å². The second-order valence-electron chi connectivity index (χ2n) is 2.77. The smallest absolute Gasteiger partial charge is 0.268 e. The van der Waals surface area contributed by atoms with E-state index in [-0.39, 0.29) is 5.56 Å². The Kier molecular flexibility index (Phi) is 4.47. The number of aromatic nitrogens is 2. The van der Waals surface area contributed by atoms with Crippen LogP contribution in [0.15, 0.2) is 21.4 Å². The van der Waals surface area contributed by atoms with Gasteiger partial charge in [-0.05, 0) is 25.5 Å². The number of rotatable bonds is 4. The molecule has 0 amide bonds. The van der Waals surface area contributed by atoms with Crippen LogP contribution in [0, 0.1) is 0 Å². The van der Waals surface area contributed by atoms with Crippen LogP contribution in [0.2, 0.25) is 0 Å². The number of hydrogen-bond acceptors (Lipinski definition) is 4. The van der Waals surface area contributed by atoms with Gasteiger partial charge in [0.1, 0.15) is 0 Å². The molecule has 1 heterocycles. The molecule has 0 spiro atoms. The van der Waals surface area contributed by atoms with E-state index in [2.05, 4.69) is 11.6 Å². The fourth-order valence-corrected chi connectivity index (χ4v) is 2.54. The zero-order valence-electron chi connectivity index (χ0n) is 9.11. The third-order valence-electron chi connectivity index (χ3n) is 2.02. The van der Waals surface area contributed by atoms with Crippen LogP contribution in [-0.2, 0) is 6.54 Å². The molecule has 0 aromatic carbocycles. The second-order valence-corrected chi connectivity index (χ2v) is 4.36. The largest absolute Gasteiger partial charge is 0.287 e. The Morgan fingerprint density at radius 2 is 2.13 bits per heavy atom. The Balaban J connectivity index is 3.56. The molecule has 1 aromatic heterocycles. The molecule has 0 aliphatic heterocycles. The molecule has 0 radical (unpaired) electrons. The zero-order valence-corrected chi connectivity index (χ0v) is 10.7. The summed E-state index contributed by atoms with van der Waals surface area (Å²) < 4.78 is 1.68. The van der Waals surface area contributed by atoms with Gasteiger partial charge >= 0.3 is 0 Å². The van der Waals surface area contributed by atoms with Gasteiger partial charge in [-0.15, -0.1) is 11.8 Å². The normalized spacial score (nSPS) is 10.3. The van der Waals surface area contributed by atoms with Crippen molar-refractivity contribution in [3.63, 3.8) is 0 Å². The highest BCUT2D eigenvalue weighted by molar-refractivity contribution is 7.99. The van der Waals surface area contributed by atoms with Crippen molar-refractivity contribution in [2.24, 2.45) is 0 Å². The number of hydrogen-bond donors (Lipinski definition) is 0. The predicted molar refractivity (Wildman–Crippen MR) is 67.8 cm³/mol. The van der Waals surface area contributed by atoms with Crippen LogP contribution < -0.4 is 5.56 Å². The Bertz CT molecular complexity index is 426. The molecule has 0 saturated carbocycles. The molecule has 0 bridgehead atoms. The first kappa shape index (κ1) is 12.4. The van der Waals surface area contributed by atoms with Gasteiger partial charge in [-0.25, -0.2) is 4.98 Å². The molecule has 0 aliphatic carbocycles. The summed E-state index contributed by atoms with van der Waals surface area (Å²) in [6.07, 6.45) is 5.43. The molecule has 82 valence electrons. The third kappa shape index (κ3) is 2.29. The summed E-state index contributed by atoms with van der Waals surface area (Å²) in [7, 11) is 0. The van der Waals surface area contributed by atoms with E-state index in [1.807, 2.05) is 19.4 Å². The average molecular weight is 242 g/mol. The van der Waals surface area contributed by atoms with Gasteiger partial charge in [0.15, 0.2) is 5.16 Å². The van der Waals surface area contributed by atoms with E-state index in [9.17, 15) is 4.79 Å². The lowest BCUT2D eigenvalue weighted by atomic mass is 10.4.